The number of amides is 1. The SMILES string of the molecule is O=C(CCc1nnc(-c2ccccc2Cl)o1)NC1CCS(=O)(=O)C1. The van der Waals surface area contributed by atoms with Gasteiger partial charge in [-0.05, 0) is 18.6 Å². The molecule has 0 spiro atoms. The predicted octanol–water partition coefficient (Wildman–Crippen LogP) is 1.63. The van der Waals surface area contributed by atoms with E-state index in [2.05, 4.69) is 15.5 Å². The molecule has 0 aliphatic carbocycles. The third-order valence-corrected chi connectivity index (χ3v) is 5.83. The molecule has 1 unspecified atom stereocenters. The number of rotatable bonds is 5. The third-order valence-electron chi connectivity index (χ3n) is 3.73. The van der Waals surface area contributed by atoms with Crippen molar-refractivity contribution in [1.82, 2.24) is 15.5 Å². The number of aryl methyl sites for hydroxylation is 1. The molecule has 7 nitrogen and oxygen atoms in total. The fourth-order valence-electron chi connectivity index (χ4n) is 2.53. The van der Waals surface area contributed by atoms with Gasteiger partial charge in [-0.1, -0.05) is 23.7 Å². The monoisotopic (exact) mass is 369 g/mol. The summed E-state index contributed by atoms with van der Waals surface area (Å²) in [6.45, 7) is 0. The van der Waals surface area contributed by atoms with Crippen LogP contribution in [0.25, 0.3) is 11.5 Å². The van der Waals surface area contributed by atoms with Crippen LogP contribution in [0.15, 0.2) is 28.7 Å². The highest BCUT2D eigenvalue weighted by Crippen LogP contribution is 2.26. The summed E-state index contributed by atoms with van der Waals surface area (Å²) in [6, 6.07) is 6.81. The average Bonchev–Trinajstić information content (AvgIpc) is 3.12. The second-order valence-corrected chi connectivity index (χ2v) is 8.28. The van der Waals surface area contributed by atoms with Gasteiger partial charge >= 0.3 is 0 Å². The molecule has 2 aromatic rings. The fraction of sp³-hybridized carbons (Fsp3) is 0.400. The van der Waals surface area contributed by atoms with Crippen molar-refractivity contribution in [2.75, 3.05) is 11.5 Å². The second kappa shape index (κ2) is 6.90. The van der Waals surface area contributed by atoms with Gasteiger partial charge in [-0.25, -0.2) is 8.42 Å². The van der Waals surface area contributed by atoms with Gasteiger partial charge in [-0.15, -0.1) is 10.2 Å². The molecule has 2 heterocycles. The van der Waals surface area contributed by atoms with Crippen LogP contribution in [0.2, 0.25) is 5.02 Å². The lowest BCUT2D eigenvalue weighted by Crippen LogP contribution is -2.35. The molecule has 1 aromatic carbocycles. The van der Waals surface area contributed by atoms with Crippen LogP contribution in [0.3, 0.4) is 0 Å². The molecule has 0 saturated carbocycles. The summed E-state index contributed by atoms with van der Waals surface area (Å²) in [6.07, 6.45) is 0.898. The topological polar surface area (TPSA) is 102 Å². The number of nitrogens with one attached hydrogen (secondary N) is 1. The van der Waals surface area contributed by atoms with E-state index in [1.54, 1.807) is 18.2 Å². The zero-order valence-electron chi connectivity index (χ0n) is 12.7. The van der Waals surface area contributed by atoms with E-state index in [0.29, 0.717) is 28.8 Å². The van der Waals surface area contributed by atoms with Crippen LogP contribution in [0.5, 0.6) is 0 Å². The minimum Gasteiger partial charge on any atom is -0.421 e. The molecule has 0 bridgehead atoms. The summed E-state index contributed by atoms with van der Waals surface area (Å²) >= 11 is 6.07. The Morgan fingerprint density at radius 1 is 1.33 bits per heavy atom. The maximum atomic E-state index is 11.9. The normalized spacial score (nSPS) is 19.3. The lowest BCUT2D eigenvalue weighted by atomic mass is 10.2. The van der Waals surface area contributed by atoms with Gasteiger partial charge in [-0.2, -0.15) is 0 Å². The molecule has 1 atom stereocenters. The van der Waals surface area contributed by atoms with Crippen molar-refractivity contribution in [2.45, 2.75) is 25.3 Å². The highest BCUT2D eigenvalue weighted by Gasteiger charge is 2.28. The van der Waals surface area contributed by atoms with Crippen molar-refractivity contribution in [3.8, 4) is 11.5 Å². The van der Waals surface area contributed by atoms with E-state index in [1.807, 2.05) is 6.07 Å². The van der Waals surface area contributed by atoms with Gasteiger partial charge in [0.05, 0.1) is 22.1 Å². The van der Waals surface area contributed by atoms with Gasteiger partial charge in [0.15, 0.2) is 9.84 Å². The predicted molar refractivity (Wildman–Crippen MR) is 88.3 cm³/mol. The molecule has 1 amide bonds. The van der Waals surface area contributed by atoms with E-state index in [0.717, 1.165) is 0 Å². The van der Waals surface area contributed by atoms with E-state index in [9.17, 15) is 13.2 Å². The van der Waals surface area contributed by atoms with Crippen molar-refractivity contribution < 1.29 is 17.6 Å². The number of hydrogen-bond acceptors (Lipinski definition) is 6. The Balaban J connectivity index is 1.54. The van der Waals surface area contributed by atoms with Crippen molar-refractivity contribution in [3.63, 3.8) is 0 Å². The van der Waals surface area contributed by atoms with E-state index in [-0.39, 0.29) is 36.3 Å². The standard InChI is InChI=1S/C15H16ClN3O4S/c16-12-4-2-1-3-11(12)15-19-18-14(23-15)6-5-13(20)17-10-7-8-24(21,22)9-10/h1-4,10H,5-9H2,(H,17,20). The number of aromatic nitrogens is 2. The van der Waals surface area contributed by atoms with Crippen molar-refractivity contribution >= 4 is 27.3 Å². The lowest BCUT2D eigenvalue weighted by molar-refractivity contribution is -0.121. The smallest absolute Gasteiger partial charge is 0.249 e. The van der Waals surface area contributed by atoms with Crippen LogP contribution in [0.1, 0.15) is 18.7 Å². The van der Waals surface area contributed by atoms with Gasteiger partial charge in [0.1, 0.15) is 0 Å². The highest BCUT2D eigenvalue weighted by atomic mass is 35.5. The summed E-state index contributed by atoms with van der Waals surface area (Å²) in [5.41, 5.74) is 0.638. The summed E-state index contributed by atoms with van der Waals surface area (Å²) in [5.74, 6) is 0.547. The number of carbonyl (C=O) groups excluding carboxylic acids is 1. The van der Waals surface area contributed by atoms with Crippen LogP contribution in [0.4, 0.5) is 0 Å². The van der Waals surface area contributed by atoms with Crippen LogP contribution in [0, 0.1) is 0 Å². The van der Waals surface area contributed by atoms with Gasteiger partial charge < -0.3 is 9.73 Å². The zero-order chi connectivity index (χ0) is 17.2. The van der Waals surface area contributed by atoms with Gasteiger partial charge in [0.2, 0.25) is 17.7 Å². The Bertz CT molecular complexity index is 850. The summed E-state index contributed by atoms with van der Waals surface area (Å²) in [5, 5.41) is 11.1. The third kappa shape index (κ3) is 4.12. The fourth-order valence-corrected chi connectivity index (χ4v) is 4.42. The number of halogens is 1. The van der Waals surface area contributed by atoms with Gasteiger partial charge in [0, 0.05) is 18.9 Å². The van der Waals surface area contributed by atoms with Crippen LogP contribution in [-0.4, -0.2) is 42.1 Å². The number of nitrogens with zero attached hydrogens (tertiary/aromatic N) is 2. The molecule has 3 rings (SSSR count). The minimum atomic E-state index is -3.01. The number of sulfone groups is 1. The minimum absolute atomic E-state index is 0.00987. The molecular formula is C15H16ClN3O4S. The van der Waals surface area contributed by atoms with E-state index in [4.69, 9.17) is 16.0 Å². The largest absolute Gasteiger partial charge is 0.421 e. The Kier molecular flexibility index (Phi) is 4.86. The summed E-state index contributed by atoms with van der Waals surface area (Å²) < 4.78 is 28.3. The Morgan fingerprint density at radius 2 is 2.12 bits per heavy atom. The molecule has 1 fully saturated rings. The number of carbonyl (C=O) groups is 1. The van der Waals surface area contributed by atoms with Crippen molar-refractivity contribution in [1.29, 1.82) is 0 Å². The van der Waals surface area contributed by atoms with E-state index >= 15 is 0 Å². The molecule has 128 valence electrons. The molecule has 24 heavy (non-hydrogen) atoms. The number of benzene rings is 1. The maximum Gasteiger partial charge on any atom is 0.249 e. The lowest BCUT2D eigenvalue weighted by Gasteiger charge is -2.09. The Hall–Kier alpha value is -1.93. The van der Waals surface area contributed by atoms with Crippen LogP contribution < -0.4 is 5.32 Å². The first kappa shape index (κ1) is 16.9. The summed E-state index contributed by atoms with van der Waals surface area (Å²) in [4.78, 5) is 11.9. The van der Waals surface area contributed by atoms with Crippen LogP contribution in [-0.2, 0) is 21.1 Å². The average molecular weight is 370 g/mol. The summed E-state index contributed by atoms with van der Waals surface area (Å²) in [7, 11) is -3.01. The van der Waals surface area contributed by atoms with Crippen molar-refractivity contribution in [2.24, 2.45) is 0 Å². The molecule has 1 aromatic heterocycles. The van der Waals surface area contributed by atoms with Gasteiger partial charge in [0.25, 0.3) is 0 Å². The molecule has 1 saturated heterocycles. The van der Waals surface area contributed by atoms with Crippen molar-refractivity contribution in [3.05, 3.63) is 35.2 Å². The molecule has 0 radical (unpaired) electrons. The molecule has 1 aliphatic heterocycles. The first-order valence-electron chi connectivity index (χ1n) is 7.50. The Morgan fingerprint density at radius 3 is 2.83 bits per heavy atom. The zero-order valence-corrected chi connectivity index (χ0v) is 14.3. The molecular weight excluding hydrogens is 354 g/mol. The number of hydrogen-bond donors (Lipinski definition) is 1. The van der Waals surface area contributed by atoms with Crippen LogP contribution >= 0.6 is 11.6 Å². The van der Waals surface area contributed by atoms with E-state index in [1.165, 1.54) is 0 Å². The maximum absolute atomic E-state index is 11.9. The molecule has 1 N–H and O–H groups in total. The van der Waals surface area contributed by atoms with Gasteiger partial charge in [-0.3, -0.25) is 4.79 Å². The first-order valence-corrected chi connectivity index (χ1v) is 9.70. The first-order chi connectivity index (χ1) is 11.4. The Labute approximate surface area is 144 Å². The van der Waals surface area contributed by atoms with E-state index < -0.39 is 9.84 Å². The molecule has 1 aliphatic rings. The molecule has 9 heteroatoms. The second-order valence-electron chi connectivity index (χ2n) is 5.65. The highest BCUT2D eigenvalue weighted by molar-refractivity contribution is 7.91. The quantitative estimate of drug-likeness (QED) is 0.859.